The Hall–Kier alpha value is -3.33. The number of carbonyl (C=O) groups excluding carboxylic acids is 1. The number of rotatable bonds is 6. The van der Waals surface area contributed by atoms with Gasteiger partial charge in [0.15, 0.2) is 12.4 Å². The summed E-state index contributed by atoms with van der Waals surface area (Å²) in [5.74, 6) is 0.882. The van der Waals surface area contributed by atoms with Crippen LogP contribution in [0.15, 0.2) is 53.4 Å². The number of nitrogens with two attached hydrogens (primary N) is 1. The minimum absolute atomic E-state index is 0.0334. The second-order valence-electron chi connectivity index (χ2n) is 6.28. The van der Waals surface area contributed by atoms with Gasteiger partial charge >= 0.3 is 5.97 Å². The fourth-order valence-electron chi connectivity index (χ4n) is 2.97. The van der Waals surface area contributed by atoms with Crippen molar-refractivity contribution < 1.29 is 14.3 Å². The molecule has 1 atom stereocenters. The van der Waals surface area contributed by atoms with E-state index in [-0.39, 0.29) is 35.5 Å². The Bertz CT molecular complexity index is 1020. The lowest BCUT2D eigenvalue weighted by Crippen LogP contribution is -2.20. The highest BCUT2D eigenvalue weighted by Gasteiger charge is 2.29. The van der Waals surface area contributed by atoms with Gasteiger partial charge in [-0.1, -0.05) is 30.3 Å². The summed E-state index contributed by atoms with van der Waals surface area (Å²) in [6.07, 6.45) is 0.652. The molecule has 0 fully saturated rings. The number of hydrogen-bond donors (Lipinski definition) is 2. The zero-order valence-corrected chi connectivity index (χ0v) is 16.5. The van der Waals surface area contributed by atoms with Gasteiger partial charge in [0, 0.05) is 4.90 Å². The first-order valence-corrected chi connectivity index (χ1v) is 9.82. The lowest BCUT2D eigenvalue weighted by Gasteiger charge is -2.11. The van der Waals surface area contributed by atoms with Crippen LogP contribution in [0.3, 0.4) is 0 Å². The number of anilines is 3. The predicted octanol–water partition coefficient (Wildman–Crippen LogP) is 2.97. The molecule has 4 rings (SSSR count). The molecule has 3 N–H and O–H groups in total. The van der Waals surface area contributed by atoms with Crippen molar-refractivity contribution in [3.05, 3.63) is 59.9 Å². The summed E-state index contributed by atoms with van der Waals surface area (Å²) in [6.45, 7) is -0.0838. The number of nitrogens with one attached hydrogen (secondary N) is 1. The van der Waals surface area contributed by atoms with E-state index in [1.807, 2.05) is 48.5 Å². The Balaban J connectivity index is 1.41. The van der Waals surface area contributed by atoms with Crippen LogP contribution in [-0.2, 0) is 22.6 Å². The van der Waals surface area contributed by atoms with Crippen molar-refractivity contribution in [2.24, 2.45) is 0 Å². The summed E-state index contributed by atoms with van der Waals surface area (Å²) >= 11 is 1.51. The van der Waals surface area contributed by atoms with Crippen molar-refractivity contribution in [2.75, 3.05) is 18.2 Å². The van der Waals surface area contributed by atoms with E-state index in [0.717, 1.165) is 10.5 Å². The van der Waals surface area contributed by atoms with Crippen LogP contribution in [-0.4, -0.2) is 33.3 Å². The van der Waals surface area contributed by atoms with Crippen molar-refractivity contribution >= 4 is 35.3 Å². The molecule has 2 heterocycles. The van der Waals surface area contributed by atoms with Gasteiger partial charge in [0.25, 0.3) is 0 Å². The normalized spacial score (nSPS) is 14.9. The summed E-state index contributed by atoms with van der Waals surface area (Å²) in [7, 11) is 1.58. The summed E-state index contributed by atoms with van der Waals surface area (Å²) in [5.41, 5.74) is 7.63. The van der Waals surface area contributed by atoms with Crippen molar-refractivity contribution in [1.29, 1.82) is 0 Å². The van der Waals surface area contributed by atoms with E-state index in [4.69, 9.17) is 15.2 Å². The molecule has 0 bridgehead atoms. The van der Waals surface area contributed by atoms with Crippen LogP contribution in [0, 0.1) is 0 Å². The molecule has 0 radical (unpaired) electrons. The summed E-state index contributed by atoms with van der Waals surface area (Å²) in [4.78, 5) is 26.0. The highest BCUT2D eigenvalue weighted by molar-refractivity contribution is 8.01. The topological polar surface area (TPSA) is 112 Å². The Morgan fingerprint density at radius 3 is 2.79 bits per heavy atom. The van der Waals surface area contributed by atoms with E-state index < -0.39 is 0 Å². The molecule has 0 saturated carbocycles. The Kier molecular flexibility index (Phi) is 5.48. The van der Waals surface area contributed by atoms with Gasteiger partial charge in [-0.3, -0.25) is 4.79 Å². The maximum absolute atomic E-state index is 12.5. The molecule has 29 heavy (non-hydrogen) atoms. The fraction of sp³-hybridized carbons (Fsp3) is 0.200. The minimum atomic E-state index is -0.301. The highest BCUT2D eigenvalue weighted by atomic mass is 32.2. The molecule has 0 saturated heterocycles. The largest absolute Gasteiger partial charge is 0.495 e. The van der Waals surface area contributed by atoms with Crippen LogP contribution >= 0.6 is 11.8 Å². The number of para-hydroxylation sites is 2. The number of nitrogens with zero attached hydrogens (tertiary/aromatic N) is 3. The van der Waals surface area contributed by atoms with E-state index in [0.29, 0.717) is 17.9 Å². The molecule has 1 aliphatic rings. The fourth-order valence-corrected chi connectivity index (χ4v) is 4.16. The third kappa shape index (κ3) is 4.40. The van der Waals surface area contributed by atoms with Crippen molar-refractivity contribution in [3.8, 4) is 5.75 Å². The maximum Gasteiger partial charge on any atom is 0.320 e. The molecule has 9 heteroatoms. The van der Waals surface area contributed by atoms with Crippen LogP contribution in [0.1, 0.15) is 11.4 Å². The monoisotopic (exact) mass is 409 g/mol. The second-order valence-corrected chi connectivity index (χ2v) is 7.53. The van der Waals surface area contributed by atoms with E-state index >= 15 is 0 Å². The van der Waals surface area contributed by atoms with Crippen molar-refractivity contribution in [1.82, 2.24) is 15.0 Å². The molecule has 0 spiro atoms. The molecule has 0 amide bonds. The zero-order chi connectivity index (χ0) is 20.2. The third-order valence-electron chi connectivity index (χ3n) is 4.31. The van der Waals surface area contributed by atoms with Crippen LogP contribution in [0.25, 0.3) is 0 Å². The summed E-state index contributed by atoms with van der Waals surface area (Å²) in [6, 6.07) is 15.3. The number of ether oxygens (including phenoxy) is 2. The van der Waals surface area contributed by atoms with E-state index in [1.54, 1.807) is 7.11 Å². The molecule has 0 unspecified atom stereocenters. The summed E-state index contributed by atoms with van der Waals surface area (Å²) in [5, 5.41) is 2.78. The van der Waals surface area contributed by atoms with Crippen LogP contribution in [0.5, 0.6) is 5.75 Å². The quantitative estimate of drug-likeness (QED) is 0.593. The number of thioether (sulfide) groups is 1. The van der Waals surface area contributed by atoms with Gasteiger partial charge in [0.1, 0.15) is 11.0 Å². The molecule has 2 aromatic carbocycles. The molecule has 1 aromatic heterocycles. The first kappa shape index (κ1) is 19.0. The molecule has 8 nitrogen and oxygen atoms in total. The van der Waals surface area contributed by atoms with Gasteiger partial charge in [-0.05, 0) is 30.2 Å². The highest BCUT2D eigenvalue weighted by Crippen LogP contribution is 2.37. The van der Waals surface area contributed by atoms with Crippen LogP contribution in [0.4, 0.5) is 17.6 Å². The third-order valence-corrected chi connectivity index (χ3v) is 5.60. The van der Waals surface area contributed by atoms with E-state index in [2.05, 4.69) is 20.3 Å². The molecular formula is C20H19N5O3S. The molecule has 1 aliphatic heterocycles. The number of carbonyl (C=O) groups is 1. The smallest absolute Gasteiger partial charge is 0.320 e. The van der Waals surface area contributed by atoms with Gasteiger partial charge in [0.2, 0.25) is 11.9 Å². The second kappa shape index (κ2) is 8.36. The van der Waals surface area contributed by atoms with Gasteiger partial charge in [-0.15, -0.1) is 11.8 Å². The lowest BCUT2D eigenvalue weighted by atomic mass is 10.1. The Morgan fingerprint density at radius 2 is 1.97 bits per heavy atom. The van der Waals surface area contributed by atoms with Gasteiger partial charge in [0.05, 0.1) is 12.8 Å². The minimum Gasteiger partial charge on any atom is -0.495 e. The van der Waals surface area contributed by atoms with Crippen LogP contribution in [0.2, 0.25) is 0 Å². The van der Waals surface area contributed by atoms with Gasteiger partial charge < -0.3 is 20.5 Å². The number of fused-ring (bicyclic) bond motifs is 1. The van der Waals surface area contributed by atoms with Crippen molar-refractivity contribution in [2.45, 2.75) is 23.2 Å². The summed E-state index contributed by atoms with van der Waals surface area (Å²) < 4.78 is 10.7. The van der Waals surface area contributed by atoms with E-state index in [1.165, 1.54) is 11.8 Å². The predicted molar refractivity (Wildman–Crippen MR) is 110 cm³/mol. The zero-order valence-electron chi connectivity index (χ0n) is 15.7. The van der Waals surface area contributed by atoms with Crippen LogP contribution < -0.4 is 15.8 Å². The number of esters is 1. The first-order chi connectivity index (χ1) is 14.1. The van der Waals surface area contributed by atoms with Crippen molar-refractivity contribution in [3.63, 3.8) is 0 Å². The SMILES string of the molecule is COc1ccccc1Nc1nc(N)nc(COC(=O)[C@@H]2Cc3ccccc3S2)n1. The number of benzene rings is 2. The first-order valence-electron chi connectivity index (χ1n) is 8.94. The Labute approximate surface area is 171 Å². The van der Waals surface area contributed by atoms with Gasteiger partial charge in [-0.25, -0.2) is 0 Å². The number of aromatic nitrogens is 3. The Morgan fingerprint density at radius 1 is 1.17 bits per heavy atom. The molecule has 0 aliphatic carbocycles. The maximum atomic E-state index is 12.5. The molecular weight excluding hydrogens is 390 g/mol. The average molecular weight is 409 g/mol. The number of nitrogen functional groups attached to an aromatic ring is 1. The van der Waals surface area contributed by atoms with E-state index in [9.17, 15) is 4.79 Å². The lowest BCUT2D eigenvalue weighted by molar-refractivity contribution is -0.144. The number of hydrogen-bond acceptors (Lipinski definition) is 9. The standard InChI is InChI=1S/C20H19N5O3S/c1-27-14-8-4-3-7-13(14)22-20-24-17(23-19(21)25-20)11-28-18(26)16-10-12-6-2-5-9-15(12)29-16/h2-9,16H,10-11H2,1H3,(H3,21,22,23,24,25)/t16-/m0/s1. The average Bonchev–Trinajstić information content (AvgIpc) is 3.16. The van der Waals surface area contributed by atoms with Gasteiger partial charge in [-0.2, -0.15) is 15.0 Å². The molecule has 148 valence electrons. The molecule has 3 aromatic rings. The number of methoxy groups -OCH3 is 1.